The number of carbonyl (C=O) groups excluding carboxylic acids is 2. The minimum atomic E-state index is -0.517. The van der Waals surface area contributed by atoms with E-state index >= 15 is 0 Å². The van der Waals surface area contributed by atoms with Crippen LogP contribution in [0, 0.1) is 5.82 Å². The van der Waals surface area contributed by atoms with Gasteiger partial charge in [0.15, 0.2) is 0 Å². The Kier molecular flexibility index (Phi) is 3.28. The summed E-state index contributed by atoms with van der Waals surface area (Å²) < 4.78 is 13.4. The van der Waals surface area contributed by atoms with Crippen LogP contribution >= 0.6 is 11.6 Å². The molecule has 0 atom stereocenters. The molecule has 90 valence electrons. The van der Waals surface area contributed by atoms with Crippen molar-refractivity contribution in [3.63, 3.8) is 0 Å². The second-order valence-corrected chi connectivity index (χ2v) is 4.11. The topological polar surface area (TPSA) is 49.4 Å². The van der Waals surface area contributed by atoms with Gasteiger partial charge in [-0.3, -0.25) is 14.5 Å². The number of nitrogens with zero attached hydrogens (tertiary/aromatic N) is 1. The number of likely N-dealkylation sites (tertiary alicyclic amines) is 1. The van der Waals surface area contributed by atoms with Crippen LogP contribution in [0.15, 0.2) is 18.2 Å². The lowest BCUT2D eigenvalue weighted by molar-refractivity contribution is -0.137. The molecule has 17 heavy (non-hydrogen) atoms. The van der Waals surface area contributed by atoms with Crippen molar-refractivity contribution in [2.45, 2.75) is 12.8 Å². The van der Waals surface area contributed by atoms with E-state index in [0.717, 1.165) is 11.0 Å². The van der Waals surface area contributed by atoms with Crippen LogP contribution in [-0.4, -0.2) is 23.4 Å². The van der Waals surface area contributed by atoms with Gasteiger partial charge in [-0.15, -0.1) is 0 Å². The average molecular weight is 257 g/mol. The molecule has 1 aromatic rings. The van der Waals surface area contributed by atoms with Crippen LogP contribution in [0.5, 0.6) is 0 Å². The van der Waals surface area contributed by atoms with Crippen LogP contribution in [0.3, 0.4) is 0 Å². The molecule has 1 fully saturated rings. The van der Waals surface area contributed by atoms with Crippen molar-refractivity contribution in [3.05, 3.63) is 29.0 Å². The molecule has 0 aromatic heterocycles. The van der Waals surface area contributed by atoms with Gasteiger partial charge in [0.05, 0.1) is 12.4 Å². The zero-order valence-corrected chi connectivity index (χ0v) is 9.63. The van der Waals surface area contributed by atoms with Crippen LogP contribution in [-0.2, 0) is 9.59 Å². The number of rotatable bonds is 3. The summed E-state index contributed by atoms with van der Waals surface area (Å²) in [5.74, 6) is -0.995. The summed E-state index contributed by atoms with van der Waals surface area (Å²) in [5, 5.41) is 2.99. The molecular weight excluding hydrogens is 247 g/mol. The van der Waals surface area contributed by atoms with Crippen molar-refractivity contribution in [2.75, 3.05) is 12.0 Å². The molecule has 6 heteroatoms. The van der Waals surface area contributed by atoms with Crippen LogP contribution in [0.4, 0.5) is 10.1 Å². The van der Waals surface area contributed by atoms with E-state index in [1.165, 1.54) is 12.1 Å². The minimum absolute atomic E-state index is 0.0176. The summed E-state index contributed by atoms with van der Waals surface area (Å²) >= 11 is 5.60. The molecule has 1 saturated heterocycles. The van der Waals surface area contributed by atoms with Crippen LogP contribution < -0.4 is 5.32 Å². The lowest BCUT2D eigenvalue weighted by Gasteiger charge is -2.15. The summed E-state index contributed by atoms with van der Waals surface area (Å²) in [5.41, 5.74) is 0.210. The third kappa shape index (κ3) is 2.55. The summed E-state index contributed by atoms with van der Waals surface area (Å²) in [7, 11) is 0. The second-order valence-electron chi connectivity index (χ2n) is 3.67. The zero-order valence-electron chi connectivity index (χ0n) is 8.87. The fraction of sp³-hybridized carbons (Fsp3) is 0.273. The van der Waals surface area contributed by atoms with Crippen molar-refractivity contribution in [1.82, 2.24) is 4.90 Å². The molecule has 2 amide bonds. The quantitative estimate of drug-likeness (QED) is 0.842. The number of nitrogens with one attached hydrogen (secondary N) is 1. The molecule has 2 rings (SSSR count). The summed E-state index contributed by atoms with van der Waals surface area (Å²) in [6, 6.07) is 4.15. The molecular formula is C11H10ClFN2O2. The first kappa shape index (κ1) is 11.9. The van der Waals surface area contributed by atoms with E-state index in [-0.39, 0.29) is 37.0 Å². The van der Waals surface area contributed by atoms with E-state index in [2.05, 4.69) is 5.32 Å². The third-order valence-electron chi connectivity index (χ3n) is 2.51. The normalized spacial score (nSPS) is 15.5. The van der Waals surface area contributed by atoms with Crippen molar-refractivity contribution in [1.29, 1.82) is 0 Å². The van der Waals surface area contributed by atoms with E-state index in [0.29, 0.717) is 5.02 Å². The van der Waals surface area contributed by atoms with Gasteiger partial charge >= 0.3 is 0 Å². The Balaban J connectivity index is 2.02. The van der Waals surface area contributed by atoms with E-state index in [1.54, 1.807) is 0 Å². The fourth-order valence-corrected chi connectivity index (χ4v) is 1.76. The van der Waals surface area contributed by atoms with E-state index in [1.807, 2.05) is 0 Å². The van der Waals surface area contributed by atoms with E-state index in [4.69, 9.17) is 11.6 Å². The highest BCUT2D eigenvalue weighted by Crippen LogP contribution is 2.19. The number of anilines is 1. The molecule has 1 N–H and O–H groups in total. The Hall–Kier alpha value is -1.62. The van der Waals surface area contributed by atoms with E-state index in [9.17, 15) is 14.0 Å². The maximum atomic E-state index is 13.4. The van der Waals surface area contributed by atoms with Gasteiger partial charge in [0, 0.05) is 17.9 Å². The third-order valence-corrected chi connectivity index (χ3v) is 2.75. The number of carbonyl (C=O) groups is 2. The fourth-order valence-electron chi connectivity index (χ4n) is 1.60. The van der Waals surface area contributed by atoms with Crippen LogP contribution in [0.25, 0.3) is 0 Å². The van der Waals surface area contributed by atoms with Crippen LogP contribution in [0.1, 0.15) is 12.8 Å². The Morgan fingerprint density at radius 3 is 2.53 bits per heavy atom. The second kappa shape index (κ2) is 4.71. The zero-order chi connectivity index (χ0) is 12.4. The number of hydrogen-bond acceptors (Lipinski definition) is 3. The van der Waals surface area contributed by atoms with Gasteiger partial charge < -0.3 is 5.32 Å². The summed E-state index contributed by atoms with van der Waals surface area (Å²) in [6.07, 6.45) is 0.452. The summed E-state index contributed by atoms with van der Waals surface area (Å²) in [4.78, 5) is 23.7. The smallest absolute Gasteiger partial charge is 0.231 e. The lowest BCUT2D eigenvalue weighted by atomic mass is 10.3. The number of hydrogen-bond donors (Lipinski definition) is 1. The molecule has 4 nitrogen and oxygen atoms in total. The molecule has 0 saturated carbocycles. The number of imide groups is 1. The first-order valence-corrected chi connectivity index (χ1v) is 5.48. The highest BCUT2D eigenvalue weighted by atomic mass is 35.5. The van der Waals surface area contributed by atoms with Crippen molar-refractivity contribution in [3.8, 4) is 0 Å². The van der Waals surface area contributed by atoms with E-state index < -0.39 is 5.82 Å². The Bertz CT molecular complexity index is 463. The average Bonchev–Trinajstić information content (AvgIpc) is 2.58. The van der Waals surface area contributed by atoms with Gasteiger partial charge in [-0.2, -0.15) is 0 Å². The largest absolute Gasteiger partial charge is 0.365 e. The Labute approximate surface area is 102 Å². The molecule has 0 bridgehead atoms. The number of halogens is 2. The molecule has 0 radical (unpaired) electrons. The monoisotopic (exact) mass is 256 g/mol. The molecule has 1 aromatic carbocycles. The number of benzene rings is 1. The van der Waals surface area contributed by atoms with Gasteiger partial charge in [0.1, 0.15) is 5.82 Å². The van der Waals surface area contributed by atoms with Crippen molar-refractivity contribution in [2.24, 2.45) is 0 Å². The highest BCUT2D eigenvalue weighted by Gasteiger charge is 2.28. The van der Waals surface area contributed by atoms with Gasteiger partial charge in [-0.1, -0.05) is 11.6 Å². The van der Waals surface area contributed by atoms with Crippen LogP contribution in [0.2, 0.25) is 5.02 Å². The molecule has 0 aliphatic carbocycles. The first-order chi connectivity index (χ1) is 8.08. The van der Waals surface area contributed by atoms with Gasteiger partial charge in [-0.05, 0) is 18.2 Å². The van der Waals surface area contributed by atoms with Gasteiger partial charge in [-0.25, -0.2) is 4.39 Å². The Morgan fingerprint density at radius 1 is 1.29 bits per heavy atom. The first-order valence-electron chi connectivity index (χ1n) is 5.10. The lowest BCUT2D eigenvalue weighted by Crippen LogP contribution is -2.34. The molecule has 0 unspecified atom stereocenters. The molecule has 0 spiro atoms. The Morgan fingerprint density at radius 2 is 1.94 bits per heavy atom. The molecule has 1 aliphatic heterocycles. The van der Waals surface area contributed by atoms with Crippen molar-refractivity contribution >= 4 is 29.1 Å². The molecule has 1 heterocycles. The molecule has 1 aliphatic rings. The van der Waals surface area contributed by atoms with Gasteiger partial charge in [0.2, 0.25) is 11.8 Å². The standard InChI is InChI=1S/C11H10ClFN2O2/c12-7-1-2-9(8(13)5-7)14-6-15-10(16)3-4-11(15)17/h1-2,5,14H,3-4,6H2. The maximum absolute atomic E-state index is 13.4. The predicted octanol–water partition coefficient (Wildman–Crippen LogP) is 2.00. The highest BCUT2D eigenvalue weighted by molar-refractivity contribution is 6.30. The minimum Gasteiger partial charge on any atom is -0.365 e. The van der Waals surface area contributed by atoms with Crippen molar-refractivity contribution < 1.29 is 14.0 Å². The van der Waals surface area contributed by atoms with Gasteiger partial charge in [0.25, 0.3) is 0 Å². The maximum Gasteiger partial charge on any atom is 0.231 e. The number of amides is 2. The SMILES string of the molecule is O=C1CCC(=O)N1CNc1ccc(Cl)cc1F. The summed E-state index contributed by atoms with van der Waals surface area (Å²) in [6.45, 7) is -0.0176. The predicted molar refractivity (Wildman–Crippen MR) is 61.0 cm³/mol.